The zero-order valence-corrected chi connectivity index (χ0v) is 12.1. The summed E-state index contributed by atoms with van der Waals surface area (Å²) in [5.41, 5.74) is 0.209. The molecule has 2 nitrogen and oxygen atoms in total. The quantitative estimate of drug-likeness (QED) is 0.745. The normalized spacial score (nSPS) is 11.5. The lowest BCUT2D eigenvalue weighted by Gasteiger charge is -2.17. The predicted octanol–water partition coefficient (Wildman–Crippen LogP) is 4.97. The topological polar surface area (TPSA) is 26.3 Å². The van der Waals surface area contributed by atoms with E-state index in [1.54, 1.807) is 38.1 Å². The fourth-order valence-corrected chi connectivity index (χ4v) is 2.12. The number of aldehydes is 1. The summed E-state index contributed by atoms with van der Waals surface area (Å²) in [6.07, 6.45) is -4.03. The van der Waals surface area contributed by atoms with Crippen LogP contribution in [0.3, 0.4) is 0 Å². The van der Waals surface area contributed by atoms with Crippen LogP contribution in [-0.2, 0) is 6.18 Å². The average Bonchev–Trinajstić information content (AvgIpc) is 2.46. The van der Waals surface area contributed by atoms with Crippen LogP contribution in [-0.4, -0.2) is 12.4 Å². The fraction of sp³-hybridized carbons (Fsp3) is 0.235. The van der Waals surface area contributed by atoms with Gasteiger partial charge in [0.2, 0.25) is 0 Å². The largest absolute Gasteiger partial charge is 0.490 e. The molecule has 0 fully saturated rings. The number of hydrogen-bond acceptors (Lipinski definition) is 2. The van der Waals surface area contributed by atoms with Gasteiger partial charge in [-0.2, -0.15) is 13.2 Å². The Balaban J connectivity index is 2.66. The molecule has 2 aromatic carbocycles. The molecule has 0 N–H and O–H groups in total. The first-order chi connectivity index (χ1) is 10.3. The molecule has 0 unspecified atom stereocenters. The van der Waals surface area contributed by atoms with Gasteiger partial charge in [0.15, 0.2) is 6.29 Å². The lowest BCUT2D eigenvalue weighted by molar-refractivity contribution is -0.137. The van der Waals surface area contributed by atoms with Crippen LogP contribution < -0.4 is 4.74 Å². The van der Waals surface area contributed by atoms with E-state index in [0.717, 1.165) is 12.1 Å². The smallest absolute Gasteiger partial charge is 0.416 e. The molecule has 0 aliphatic heterocycles. The minimum atomic E-state index is -4.46. The van der Waals surface area contributed by atoms with Crippen LogP contribution in [0.2, 0.25) is 0 Å². The van der Waals surface area contributed by atoms with Crippen LogP contribution >= 0.6 is 0 Å². The summed E-state index contributed by atoms with van der Waals surface area (Å²) in [4.78, 5) is 11.2. The molecule has 0 saturated heterocycles. The molecule has 22 heavy (non-hydrogen) atoms. The average molecular weight is 308 g/mol. The molecule has 5 heteroatoms. The second kappa shape index (κ2) is 6.22. The summed E-state index contributed by atoms with van der Waals surface area (Å²) in [5.74, 6) is 0.317. The zero-order valence-electron chi connectivity index (χ0n) is 12.1. The van der Waals surface area contributed by atoms with Crippen molar-refractivity contribution in [1.29, 1.82) is 0 Å². The second-order valence-corrected chi connectivity index (χ2v) is 5.08. The molecule has 0 bridgehead atoms. The third-order valence-electron chi connectivity index (χ3n) is 3.05. The Kier molecular flexibility index (Phi) is 4.54. The van der Waals surface area contributed by atoms with Crippen LogP contribution in [0.5, 0.6) is 5.75 Å². The van der Waals surface area contributed by atoms with Crippen molar-refractivity contribution in [3.8, 4) is 16.9 Å². The summed E-state index contributed by atoms with van der Waals surface area (Å²) in [5, 5.41) is 0. The van der Waals surface area contributed by atoms with Crippen LogP contribution in [0.4, 0.5) is 13.2 Å². The van der Waals surface area contributed by atoms with E-state index in [9.17, 15) is 18.0 Å². The van der Waals surface area contributed by atoms with Crippen LogP contribution in [0.1, 0.15) is 29.8 Å². The van der Waals surface area contributed by atoms with Gasteiger partial charge in [-0.05, 0) is 37.6 Å². The van der Waals surface area contributed by atoms with E-state index >= 15 is 0 Å². The lowest BCUT2D eigenvalue weighted by Crippen LogP contribution is -2.09. The first-order valence-electron chi connectivity index (χ1n) is 6.75. The number of rotatable bonds is 4. The van der Waals surface area contributed by atoms with Crippen molar-refractivity contribution in [2.24, 2.45) is 0 Å². The first-order valence-corrected chi connectivity index (χ1v) is 6.75. The molecule has 2 rings (SSSR count). The monoisotopic (exact) mass is 308 g/mol. The van der Waals surface area contributed by atoms with Crippen molar-refractivity contribution >= 4 is 6.29 Å². The van der Waals surface area contributed by atoms with Crippen molar-refractivity contribution in [2.75, 3.05) is 0 Å². The third-order valence-corrected chi connectivity index (χ3v) is 3.05. The van der Waals surface area contributed by atoms with Gasteiger partial charge in [0.05, 0.1) is 11.7 Å². The number of ether oxygens (including phenoxy) is 1. The Morgan fingerprint density at radius 2 is 1.73 bits per heavy atom. The van der Waals surface area contributed by atoms with Gasteiger partial charge in [0, 0.05) is 11.1 Å². The molecule has 0 aromatic heterocycles. The van der Waals surface area contributed by atoms with Crippen molar-refractivity contribution in [3.05, 3.63) is 53.6 Å². The highest BCUT2D eigenvalue weighted by Gasteiger charge is 2.31. The van der Waals surface area contributed by atoms with Gasteiger partial charge in [0.1, 0.15) is 5.75 Å². The van der Waals surface area contributed by atoms with Crippen molar-refractivity contribution in [3.63, 3.8) is 0 Å². The summed E-state index contributed by atoms with van der Waals surface area (Å²) in [7, 11) is 0. The molecule has 0 heterocycles. The number of hydrogen-bond donors (Lipinski definition) is 0. The van der Waals surface area contributed by atoms with E-state index in [1.165, 1.54) is 6.07 Å². The molecule has 0 amide bonds. The highest BCUT2D eigenvalue weighted by molar-refractivity contribution is 5.89. The molecular weight excluding hydrogens is 293 g/mol. The fourth-order valence-electron chi connectivity index (χ4n) is 2.12. The van der Waals surface area contributed by atoms with Gasteiger partial charge in [-0.1, -0.05) is 24.3 Å². The van der Waals surface area contributed by atoms with Gasteiger partial charge < -0.3 is 4.74 Å². The second-order valence-electron chi connectivity index (χ2n) is 5.08. The van der Waals surface area contributed by atoms with Crippen LogP contribution in [0.25, 0.3) is 11.1 Å². The molecule has 0 saturated carbocycles. The highest BCUT2D eigenvalue weighted by atomic mass is 19.4. The Hall–Kier alpha value is -2.30. The Labute approximate surface area is 126 Å². The number of halogens is 3. The highest BCUT2D eigenvalue weighted by Crippen LogP contribution is 2.38. The van der Waals surface area contributed by atoms with E-state index in [2.05, 4.69) is 0 Å². The van der Waals surface area contributed by atoms with E-state index in [4.69, 9.17) is 4.74 Å². The van der Waals surface area contributed by atoms with Crippen molar-refractivity contribution < 1.29 is 22.7 Å². The summed E-state index contributed by atoms with van der Waals surface area (Å²) in [6.45, 7) is 3.57. The Bertz CT molecular complexity index is 676. The van der Waals surface area contributed by atoms with Gasteiger partial charge in [-0.15, -0.1) is 0 Å². The van der Waals surface area contributed by atoms with Gasteiger partial charge in [0.25, 0.3) is 0 Å². The molecule has 116 valence electrons. The van der Waals surface area contributed by atoms with Gasteiger partial charge in [-0.25, -0.2) is 0 Å². The molecule has 0 atom stereocenters. The molecule has 2 aromatic rings. The molecule has 0 spiro atoms. The van der Waals surface area contributed by atoms with E-state index < -0.39 is 11.7 Å². The Morgan fingerprint density at radius 3 is 2.32 bits per heavy atom. The standard InChI is InChI=1S/C17H15F3O2/c1-11(2)22-16-8-7-13(17(18,19)20)9-15(16)14-6-4-3-5-12(14)10-21/h3-11H,1-2H3. The van der Waals surface area contributed by atoms with E-state index in [1.807, 2.05) is 0 Å². The molecule has 0 aliphatic rings. The molecular formula is C17H15F3O2. The maximum atomic E-state index is 12.9. The zero-order chi connectivity index (χ0) is 16.3. The third kappa shape index (κ3) is 3.47. The number of carbonyl (C=O) groups is 1. The number of carbonyl (C=O) groups excluding carboxylic acids is 1. The molecule has 0 aliphatic carbocycles. The summed E-state index contributed by atoms with van der Waals surface area (Å²) >= 11 is 0. The van der Waals surface area contributed by atoms with Crippen molar-refractivity contribution in [2.45, 2.75) is 26.1 Å². The first kappa shape index (κ1) is 16.1. The SMILES string of the molecule is CC(C)Oc1ccc(C(F)(F)F)cc1-c1ccccc1C=O. The predicted molar refractivity (Wildman–Crippen MR) is 78.0 cm³/mol. The molecule has 0 radical (unpaired) electrons. The van der Waals surface area contributed by atoms with Crippen LogP contribution in [0.15, 0.2) is 42.5 Å². The minimum absolute atomic E-state index is 0.195. The number of benzene rings is 2. The maximum Gasteiger partial charge on any atom is 0.416 e. The minimum Gasteiger partial charge on any atom is -0.490 e. The van der Waals surface area contributed by atoms with Crippen LogP contribution in [0, 0.1) is 0 Å². The lowest BCUT2D eigenvalue weighted by atomic mass is 9.97. The Morgan fingerprint density at radius 1 is 1.05 bits per heavy atom. The maximum absolute atomic E-state index is 12.9. The van der Waals surface area contributed by atoms with Crippen molar-refractivity contribution in [1.82, 2.24) is 0 Å². The van der Waals surface area contributed by atoms with E-state index in [0.29, 0.717) is 23.2 Å². The van der Waals surface area contributed by atoms with Gasteiger partial charge >= 0.3 is 6.18 Å². The summed E-state index contributed by atoms with van der Waals surface area (Å²) in [6, 6.07) is 9.77. The van der Waals surface area contributed by atoms with Gasteiger partial charge in [-0.3, -0.25) is 4.79 Å². The number of alkyl halides is 3. The van der Waals surface area contributed by atoms with E-state index in [-0.39, 0.29) is 11.7 Å². The summed E-state index contributed by atoms with van der Waals surface area (Å²) < 4.78 is 44.4.